The Morgan fingerprint density at radius 3 is 2.75 bits per heavy atom. The van der Waals surface area contributed by atoms with Gasteiger partial charge in [-0.25, -0.2) is 13.8 Å². The highest BCUT2D eigenvalue weighted by atomic mass is 127. The Balaban J connectivity index is 0.00000280. The van der Waals surface area contributed by atoms with Gasteiger partial charge in [0, 0.05) is 42.8 Å². The van der Waals surface area contributed by atoms with Crippen molar-refractivity contribution in [2.24, 2.45) is 4.99 Å². The van der Waals surface area contributed by atoms with E-state index in [2.05, 4.69) is 25.5 Å². The number of rotatable bonds is 5. The van der Waals surface area contributed by atoms with Crippen molar-refractivity contribution in [3.05, 3.63) is 51.5 Å². The molecule has 1 fully saturated rings. The van der Waals surface area contributed by atoms with E-state index in [1.165, 1.54) is 23.1 Å². The first-order chi connectivity index (χ1) is 13.0. The predicted octanol–water partition coefficient (Wildman–Crippen LogP) is 3.68. The van der Waals surface area contributed by atoms with Gasteiger partial charge in [-0.15, -0.1) is 35.3 Å². The van der Waals surface area contributed by atoms with Crippen LogP contribution >= 0.6 is 35.3 Å². The summed E-state index contributed by atoms with van der Waals surface area (Å²) in [7, 11) is 1.73. The van der Waals surface area contributed by atoms with Gasteiger partial charge in [-0.1, -0.05) is 6.07 Å². The number of halogens is 3. The van der Waals surface area contributed by atoms with Crippen LogP contribution in [0.3, 0.4) is 0 Å². The fourth-order valence-electron chi connectivity index (χ4n) is 3.25. The number of likely N-dealkylation sites (tertiary alicyclic amines) is 1. The molecule has 0 amide bonds. The first-order valence-electron chi connectivity index (χ1n) is 9.09. The van der Waals surface area contributed by atoms with Gasteiger partial charge in [-0.2, -0.15) is 0 Å². The van der Waals surface area contributed by atoms with Gasteiger partial charge in [0.2, 0.25) is 0 Å². The summed E-state index contributed by atoms with van der Waals surface area (Å²) >= 11 is 1.65. The van der Waals surface area contributed by atoms with Crippen LogP contribution in [0.1, 0.15) is 28.3 Å². The van der Waals surface area contributed by atoms with Gasteiger partial charge in [0.25, 0.3) is 0 Å². The molecule has 2 aromatic rings. The summed E-state index contributed by atoms with van der Waals surface area (Å²) in [4.78, 5) is 11.9. The average Bonchev–Trinajstić information content (AvgIpc) is 3.07. The van der Waals surface area contributed by atoms with E-state index in [4.69, 9.17) is 0 Å². The molecule has 3 rings (SSSR count). The minimum absolute atomic E-state index is 0. The zero-order valence-corrected chi connectivity index (χ0v) is 19.2. The zero-order valence-electron chi connectivity index (χ0n) is 16.0. The lowest BCUT2D eigenvalue weighted by atomic mass is 10.0. The average molecular weight is 521 g/mol. The molecule has 5 nitrogen and oxygen atoms in total. The number of nitrogens with one attached hydrogen (secondary N) is 2. The standard InChI is InChI=1S/C19H25F2N5S.HI/c1-13-9-23-18(27-13)10-24-19(22-2)25-14-5-4-8-26(11-14)12-15-16(20)6-3-7-17(15)21;/h3,6-7,9,14H,4-5,8,10-12H2,1-2H3,(H2,22,24,25);1H. The van der Waals surface area contributed by atoms with Crippen molar-refractivity contribution < 1.29 is 8.78 Å². The molecular weight excluding hydrogens is 495 g/mol. The number of aliphatic imine (C=N–C) groups is 1. The number of thiazole rings is 1. The molecule has 9 heteroatoms. The molecule has 2 N–H and O–H groups in total. The first-order valence-corrected chi connectivity index (χ1v) is 9.90. The molecule has 1 unspecified atom stereocenters. The lowest BCUT2D eigenvalue weighted by Gasteiger charge is -2.34. The van der Waals surface area contributed by atoms with E-state index in [1.54, 1.807) is 18.4 Å². The number of nitrogens with zero attached hydrogens (tertiary/aromatic N) is 3. The van der Waals surface area contributed by atoms with Gasteiger partial charge in [0.05, 0.1) is 6.54 Å². The van der Waals surface area contributed by atoms with Crippen LogP contribution in [-0.2, 0) is 13.1 Å². The SMILES string of the molecule is CN=C(NCc1ncc(C)s1)NC1CCCN(Cc2c(F)cccc2F)C1.I. The fourth-order valence-corrected chi connectivity index (χ4v) is 3.98. The molecule has 1 aromatic carbocycles. The van der Waals surface area contributed by atoms with Crippen molar-refractivity contribution in [2.75, 3.05) is 20.1 Å². The summed E-state index contributed by atoms with van der Waals surface area (Å²) < 4.78 is 27.8. The molecule has 1 atom stereocenters. The lowest BCUT2D eigenvalue weighted by molar-refractivity contribution is 0.188. The molecule has 0 bridgehead atoms. The number of aromatic nitrogens is 1. The largest absolute Gasteiger partial charge is 0.352 e. The number of guanidine groups is 1. The number of aryl methyl sites for hydroxylation is 1. The van der Waals surface area contributed by atoms with E-state index in [-0.39, 0.29) is 42.1 Å². The Hall–Kier alpha value is -1.33. The van der Waals surface area contributed by atoms with Crippen LogP contribution < -0.4 is 10.6 Å². The zero-order chi connectivity index (χ0) is 19.2. The third-order valence-electron chi connectivity index (χ3n) is 4.59. The molecule has 0 saturated carbocycles. The van der Waals surface area contributed by atoms with Crippen molar-refractivity contribution in [3.63, 3.8) is 0 Å². The summed E-state index contributed by atoms with van der Waals surface area (Å²) in [5.41, 5.74) is 0.139. The molecule has 1 aromatic heterocycles. The molecule has 0 aliphatic carbocycles. The van der Waals surface area contributed by atoms with E-state index < -0.39 is 11.6 Å². The van der Waals surface area contributed by atoms with Gasteiger partial charge in [-0.3, -0.25) is 9.89 Å². The van der Waals surface area contributed by atoms with Crippen LogP contribution in [-0.4, -0.2) is 42.0 Å². The summed E-state index contributed by atoms with van der Waals surface area (Å²) in [6.45, 7) is 4.47. The molecule has 1 aliphatic heterocycles. The van der Waals surface area contributed by atoms with Gasteiger partial charge in [0.15, 0.2) is 5.96 Å². The Morgan fingerprint density at radius 2 is 2.11 bits per heavy atom. The second kappa shape index (κ2) is 11.0. The van der Waals surface area contributed by atoms with Gasteiger partial charge in [-0.05, 0) is 38.4 Å². The van der Waals surface area contributed by atoms with Crippen LogP contribution in [0.2, 0.25) is 0 Å². The van der Waals surface area contributed by atoms with Crippen molar-refractivity contribution in [1.82, 2.24) is 20.5 Å². The fraction of sp³-hybridized carbons (Fsp3) is 0.474. The summed E-state index contributed by atoms with van der Waals surface area (Å²) in [6.07, 6.45) is 3.82. The van der Waals surface area contributed by atoms with Crippen LogP contribution in [0.15, 0.2) is 29.4 Å². The molecule has 2 heterocycles. The summed E-state index contributed by atoms with van der Waals surface area (Å²) in [6, 6.07) is 4.20. The third-order valence-corrected chi connectivity index (χ3v) is 5.50. The minimum Gasteiger partial charge on any atom is -0.352 e. The second-order valence-corrected chi connectivity index (χ2v) is 8.03. The lowest BCUT2D eigenvalue weighted by Crippen LogP contribution is -2.50. The summed E-state index contributed by atoms with van der Waals surface area (Å²) in [5, 5.41) is 7.70. The van der Waals surface area contributed by atoms with Crippen molar-refractivity contribution in [3.8, 4) is 0 Å². The highest BCUT2D eigenvalue weighted by molar-refractivity contribution is 14.0. The quantitative estimate of drug-likeness (QED) is 0.358. The van der Waals surface area contributed by atoms with Crippen LogP contribution in [0, 0.1) is 18.6 Å². The van der Waals surface area contributed by atoms with E-state index in [1.807, 2.05) is 13.1 Å². The van der Waals surface area contributed by atoms with Crippen LogP contribution in [0.25, 0.3) is 0 Å². The van der Waals surface area contributed by atoms with E-state index >= 15 is 0 Å². The number of piperidine rings is 1. The maximum atomic E-state index is 13.9. The Labute approximate surface area is 185 Å². The Morgan fingerprint density at radius 1 is 1.36 bits per heavy atom. The normalized spacial score (nSPS) is 17.9. The Kier molecular flexibility index (Phi) is 9.03. The highest BCUT2D eigenvalue weighted by Gasteiger charge is 2.22. The van der Waals surface area contributed by atoms with Crippen molar-refractivity contribution in [1.29, 1.82) is 0 Å². The van der Waals surface area contributed by atoms with Gasteiger partial charge < -0.3 is 10.6 Å². The smallest absolute Gasteiger partial charge is 0.191 e. The van der Waals surface area contributed by atoms with E-state index in [9.17, 15) is 8.78 Å². The first kappa shape index (κ1) is 23.0. The monoisotopic (exact) mass is 521 g/mol. The molecule has 1 saturated heterocycles. The van der Waals surface area contributed by atoms with Crippen molar-refractivity contribution in [2.45, 2.75) is 38.9 Å². The van der Waals surface area contributed by atoms with E-state index in [0.717, 1.165) is 24.4 Å². The minimum atomic E-state index is -0.485. The topological polar surface area (TPSA) is 52.6 Å². The van der Waals surface area contributed by atoms with Gasteiger partial charge >= 0.3 is 0 Å². The summed E-state index contributed by atoms with van der Waals surface area (Å²) in [5.74, 6) is -0.255. The molecule has 1 aliphatic rings. The maximum absolute atomic E-state index is 13.9. The maximum Gasteiger partial charge on any atom is 0.191 e. The molecule has 0 radical (unpaired) electrons. The van der Waals surface area contributed by atoms with Crippen LogP contribution in [0.4, 0.5) is 8.78 Å². The van der Waals surface area contributed by atoms with Crippen LogP contribution in [0.5, 0.6) is 0 Å². The molecular formula is C19H26F2IN5S. The molecule has 0 spiro atoms. The number of hydrogen-bond donors (Lipinski definition) is 2. The molecule has 154 valence electrons. The Bertz CT molecular complexity index is 778. The van der Waals surface area contributed by atoms with Crippen molar-refractivity contribution >= 4 is 41.3 Å². The predicted molar refractivity (Wildman–Crippen MR) is 120 cm³/mol. The number of hydrogen-bond acceptors (Lipinski definition) is 4. The third kappa shape index (κ3) is 6.35. The van der Waals surface area contributed by atoms with Gasteiger partial charge in [0.1, 0.15) is 16.6 Å². The van der Waals surface area contributed by atoms with E-state index in [0.29, 0.717) is 19.0 Å². The highest BCUT2D eigenvalue weighted by Crippen LogP contribution is 2.18. The number of benzene rings is 1. The molecule has 28 heavy (non-hydrogen) atoms. The second-order valence-electron chi connectivity index (χ2n) is 6.71.